The number of ether oxygens (including phenoxy) is 2. The average molecular weight is 567 g/mol. The van der Waals surface area contributed by atoms with Crippen molar-refractivity contribution in [2.24, 2.45) is 22.7 Å². The first kappa shape index (κ1) is 32.3. The number of allylic oxidation sites excluding steroid dienone is 14. The quantitative estimate of drug-likeness (QED) is 0.215. The molecule has 4 aliphatic heterocycles. The maximum atomic E-state index is 6.34. The Kier molecular flexibility index (Phi) is 9.66. The SMILES string of the molecule is CC(/C=C/C=C(C)/C=C/C1C(C)(C)[C@@H]2CC[C@@]1(C)O2)=C\C#C/C=C(C)/C=C/C=C(C)/C=C/C1C(C)(C)[C@@H]2CC[C@@]1(C)O2. The van der Waals surface area contributed by atoms with Gasteiger partial charge in [-0.1, -0.05) is 111 Å². The van der Waals surface area contributed by atoms with Crippen LogP contribution >= 0.6 is 0 Å². The van der Waals surface area contributed by atoms with Gasteiger partial charge in [0.05, 0.1) is 23.4 Å². The molecule has 0 aromatic rings. The highest BCUT2D eigenvalue weighted by Gasteiger charge is 2.60. The molecule has 4 saturated heterocycles. The summed E-state index contributed by atoms with van der Waals surface area (Å²) in [4.78, 5) is 0. The normalized spacial score (nSPS) is 36.3. The van der Waals surface area contributed by atoms with Gasteiger partial charge in [0.25, 0.3) is 0 Å². The van der Waals surface area contributed by atoms with Gasteiger partial charge in [-0.3, -0.25) is 0 Å². The fourth-order valence-electron chi connectivity index (χ4n) is 7.82. The summed E-state index contributed by atoms with van der Waals surface area (Å²) >= 11 is 0. The van der Waals surface area contributed by atoms with E-state index >= 15 is 0 Å². The van der Waals surface area contributed by atoms with Gasteiger partial charge in [0, 0.05) is 11.8 Å². The highest BCUT2D eigenvalue weighted by Crippen LogP contribution is 2.59. The van der Waals surface area contributed by atoms with Crippen LogP contribution in [-0.2, 0) is 9.47 Å². The van der Waals surface area contributed by atoms with Crippen LogP contribution in [0.25, 0.3) is 0 Å². The highest BCUT2D eigenvalue weighted by molar-refractivity contribution is 5.36. The first-order valence-electron chi connectivity index (χ1n) is 15.9. The molecule has 2 nitrogen and oxygen atoms in total. The molecule has 4 bridgehead atoms. The van der Waals surface area contributed by atoms with E-state index in [1.165, 1.54) is 36.8 Å². The molecule has 0 saturated carbocycles. The van der Waals surface area contributed by atoms with Crippen LogP contribution in [0.2, 0.25) is 0 Å². The molecule has 0 N–H and O–H groups in total. The molecular weight excluding hydrogens is 512 g/mol. The Bertz CT molecular complexity index is 1220. The van der Waals surface area contributed by atoms with Crippen molar-refractivity contribution in [1.82, 2.24) is 0 Å². The maximum Gasteiger partial charge on any atom is 0.0728 e. The van der Waals surface area contributed by atoms with Gasteiger partial charge in [-0.05, 0) is 101 Å². The molecule has 42 heavy (non-hydrogen) atoms. The summed E-state index contributed by atoms with van der Waals surface area (Å²) in [5, 5.41) is 0. The molecule has 2 heteroatoms. The van der Waals surface area contributed by atoms with Gasteiger partial charge in [0.15, 0.2) is 0 Å². The van der Waals surface area contributed by atoms with Crippen LogP contribution in [0.4, 0.5) is 0 Å². The van der Waals surface area contributed by atoms with Crippen molar-refractivity contribution in [3.8, 4) is 11.8 Å². The van der Waals surface area contributed by atoms with E-state index < -0.39 is 0 Å². The van der Waals surface area contributed by atoms with E-state index in [1.54, 1.807) is 0 Å². The fourth-order valence-corrected chi connectivity index (χ4v) is 7.82. The lowest BCUT2D eigenvalue weighted by Crippen LogP contribution is -2.39. The highest BCUT2D eigenvalue weighted by atomic mass is 16.5. The van der Waals surface area contributed by atoms with Gasteiger partial charge in [-0.15, -0.1) is 0 Å². The predicted molar refractivity (Wildman–Crippen MR) is 179 cm³/mol. The van der Waals surface area contributed by atoms with Crippen LogP contribution in [0, 0.1) is 34.5 Å². The van der Waals surface area contributed by atoms with Gasteiger partial charge >= 0.3 is 0 Å². The van der Waals surface area contributed by atoms with Gasteiger partial charge < -0.3 is 9.47 Å². The van der Waals surface area contributed by atoms with Crippen molar-refractivity contribution in [1.29, 1.82) is 0 Å². The molecule has 0 aromatic heterocycles. The summed E-state index contributed by atoms with van der Waals surface area (Å²) in [5.74, 6) is 7.24. The number of fused-ring (bicyclic) bond motifs is 4. The smallest absolute Gasteiger partial charge is 0.0728 e. The Morgan fingerprint density at radius 2 is 0.952 bits per heavy atom. The molecule has 4 aliphatic rings. The van der Waals surface area contributed by atoms with Crippen LogP contribution in [-0.4, -0.2) is 23.4 Å². The zero-order chi connectivity index (χ0) is 30.8. The monoisotopic (exact) mass is 566 g/mol. The Morgan fingerprint density at radius 3 is 1.29 bits per heavy atom. The van der Waals surface area contributed by atoms with E-state index in [0.29, 0.717) is 24.0 Å². The van der Waals surface area contributed by atoms with E-state index in [4.69, 9.17) is 9.47 Å². The van der Waals surface area contributed by atoms with Crippen molar-refractivity contribution in [2.75, 3.05) is 0 Å². The Labute approximate surface area is 257 Å². The molecule has 0 amide bonds. The summed E-state index contributed by atoms with van der Waals surface area (Å²) in [6.45, 7) is 22.5. The molecule has 0 radical (unpaired) electrons. The molecule has 4 rings (SSSR count). The lowest BCUT2D eigenvalue weighted by Gasteiger charge is -2.37. The molecule has 6 atom stereocenters. The molecule has 0 aromatic carbocycles. The van der Waals surface area contributed by atoms with E-state index in [1.807, 2.05) is 12.2 Å². The molecule has 0 aliphatic carbocycles. The minimum Gasteiger partial charge on any atom is -0.371 e. The molecule has 2 unspecified atom stereocenters. The van der Waals surface area contributed by atoms with Crippen LogP contribution in [0.3, 0.4) is 0 Å². The van der Waals surface area contributed by atoms with E-state index in [-0.39, 0.29) is 22.0 Å². The second-order valence-corrected chi connectivity index (χ2v) is 14.8. The number of rotatable bonds is 8. The predicted octanol–water partition coefficient (Wildman–Crippen LogP) is 10.2. The minimum absolute atomic E-state index is 0.00467. The van der Waals surface area contributed by atoms with Crippen LogP contribution in [0.1, 0.15) is 94.9 Å². The molecule has 4 fully saturated rings. The van der Waals surface area contributed by atoms with Crippen LogP contribution < -0.4 is 0 Å². The maximum absolute atomic E-state index is 6.34. The minimum atomic E-state index is -0.00467. The van der Waals surface area contributed by atoms with Crippen molar-refractivity contribution in [3.05, 3.63) is 95.2 Å². The number of hydrogen-bond donors (Lipinski definition) is 0. The number of hydrogen-bond acceptors (Lipinski definition) is 2. The standard InChI is InChI=1S/C40H54O2/c1-29(17-13-19-31(3)21-23-33-37(5,6)35-25-27-39(33,9)41-35)15-11-12-16-30(2)18-14-20-32(4)22-24-34-38(7,8)36-26-28-40(34,10)42-36/h13-24,33-36H,25-28H2,1-10H3/b17-13+,18-14+,23-21+,24-22+,29-15+,30-16+,31-19+,32-20+/t33?,34?,35-,36-,39+,40+/m0/s1. The van der Waals surface area contributed by atoms with E-state index in [9.17, 15) is 0 Å². The summed E-state index contributed by atoms with van der Waals surface area (Å²) in [6, 6.07) is 0. The summed E-state index contributed by atoms with van der Waals surface area (Å²) in [7, 11) is 0. The van der Waals surface area contributed by atoms with Crippen molar-refractivity contribution >= 4 is 0 Å². The van der Waals surface area contributed by atoms with E-state index in [0.717, 1.165) is 11.1 Å². The lowest BCUT2D eigenvalue weighted by atomic mass is 9.64. The van der Waals surface area contributed by atoms with Crippen LogP contribution in [0.5, 0.6) is 0 Å². The lowest BCUT2D eigenvalue weighted by molar-refractivity contribution is 0.0116. The van der Waals surface area contributed by atoms with Crippen molar-refractivity contribution < 1.29 is 9.47 Å². The second kappa shape index (κ2) is 12.6. The van der Waals surface area contributed by atoms with Gasteiger partial charge in [-0.2, -0.15) is 0 Å². The summed E-state index contributed by atoms with van der Waals surface area (Å²) in [5.41, 5.74) is 5.16. The third kappa shape index (κ3) is 6.96. The Morgan fingerprint density at radius 1 is 0.571 bits per heavy atom. The van der Waals surface area contributed by atoms with Crippen LogP contribution in [0.15, 0.2) is 95.2 Å². The average Bonchev–Trinajstić information content (AvgIpc) is 3.59. The third-order valence-electron chi connectivity index (χ3n) is 10.4. The summed E-state index contributed by atoms with van der Waals surface area (Å²) < 4.78 is 12.7. The van der Waals surface area contributed by atoms with Gasteiger partial charge in [0.2, 0.25) is 0 Å². The molecule has 4 heterocycles. The first-order valence-corrected chi connectivity index (χ1v) is 15.9. The second-order valence-electron chi connectivity index (χ2n) is 14.8. The molecule has 226 valence electrons. The third-order valence-corrected chi connectivity index (χ3v) is 10.4. The van der Waals surface area contributed by atoms with Crippen molar-refractivity contribution in [2.45, 2.75) is 118 Å². The van der Waals surface area contributed by atoms with Gasteiger partial charge in [-0.25, -0.2) is 0 Å². The zero-order valence-electron chi connectivity index (χ0n) is 27.9. The van der Waals surface area contributed by atoms with Crippen molar-refractivity contribution in [3.63, 3.8) is 0 Å². The summed E-state index contributed by atoms with van der Waals surface area (Å²) in [6.07, 6.45) is 31.5. The Balaban J connectivity index is 1.25. The largest absolute Gasteiger partial charge is 0.371 e. The Hall–Kier alpha value is -2.60. The molecule has 0 spiro atoms. The first-order chi connectivity index (χ1) is 19.7. The fraction of sp³-hybridized carbons (Fsp3) is 0.550. The zero-order valence-corrected chi connectivity index (χ0v) is 27.9. The van der Waals surface area contributed by atoms with Gasteiger partial charge in [0.1, 0.15) is 0 Å². The molecular formula is C40H54O2. The van der Waals surface area contributed by atoms with E-state index in [2.05, 4.69) is 142 Å². The topological polar surface area (TPSA) is 18.5 Å².